The van der Waals surface area contributed by atoms with Crippen LogP contribution in [0.1, 0.15) is 11.4 Å². The average Bonchev–Trinajstić information content (AvgIpc) is 3.20. The van der Waals surface area contributed by atoms with Gasteiger partial charge in [0.2, 0.25) is 0 Å². The van der Waals surface area contributed by atoms with Crippen molar-refractivity contribution in [2.75, 3.05) is 0 Å². The Morgan fingerprint density at radius 2 is 1.08 bits per heavy atom. The molecule has 0 saturated heterocycles. The van der Waals surface area contributed by atoms with E-state index in [1.807, 2.05) is 12.1 Å². The van der Waals surface area contributed by atoms with Gasteiger partial charge >= 0.3 is 0 Å². The summed E-state index contributed by atoms with van der Waals surface area (Å²) in [7, 11) is 0. The van der Waals surface area contributed by atoms with Crippen LogP contribution in [0.15, 0.2) is 171 Å². The number of nitrogens with zero attached hydrogens (tertiary/aromatic N) is 3. The molecule has 0 aliphatic carbocycles. The highest BCUT2D eigenvalue weighted by molar-refractivity contribution is 14.2. The first-order valence-electron chi connectivity index (χ1n) is 16.5. The van der Waals surface area contributed by atoms with Gasteiger partial charge in [0.1, 0.15) is 0 Å². The highest BCUT2D eigenvalue weighted by Crippen LogP contribution is 2.33. The molecule has 0 N–H and O–H groups in total. The van der Waals surface area contributed by atoms with Crippen LogP contribution < -0.4 is 0 Å². The molecule has 2 aromatic heterocycles. The van der Waals surface area contributed by atoms with E-state index in [2.05, 4.69) is 157 Å². The quantitative estimate of drug-likeness (QED) is 0.115. The van der Waals surface area contributed by atoms with Crippen molar-refractivity contribution >= 4 is 47.3 Å². The molecule has 238 valence electrons. The van der Waals surface area contributed by atoms with Gasteiger partial charge in [-0.25, -0.2) is 15.0 Å². The van der Waals surface area contributed by atoms with Gasteiger partial charge in [0.25, 0.3) is 0 Å². The van der Waals surface area contributed by atoms with Crippen LogP contribution in [0.5, 0.6) is 0 Å². The predicted molar refractivity (Wildman–Crippen MR) is 221 cm³/mol. The normalized spacial score (nSPS) is 12.3. The monoisotopic (exact) mass is 753 g/mol. The van der Waals surface area contributed by atoms with Crippen molar-refractivity contribution in [2.24, 2.45) is 0 Å². The molecule has 0 spiro atoms. The minimum absolute atomic E-state index is 0.172. The molecule has 4 heteroatoms. The number of pyridine rings is 1. The molecule has 0 saturated carbocycles. The maximum Gasteiger partial charge on any atom is 0.160 e. The summed E-state index contributed by atoms with van der Waals surface area (Å²) < 4.78 is 3.71. The first-order chi connectivity index (χ1) is 24.7. The van der Waals surface area contributed by atoms with E-state index in [9.17, 15) is 0 Å². The maximum absolute atomic E-state index is 5.14. The standard InChI is InChI=1S/C46H32IN3/c1-3-9-31(4-2)46-49-42(37-21-15-33(16-22-37)32-10-6-5-7-11-32)30-43(50-46)38-23-17-35(18-24-38)34-13-19-36(20-14-34)41-28-27-40-26-25-39-12-8-29-47-44(39)45(40)48-41/h3-30H,1-2H2/b31-9+. The van der Waals surface area contributed by atoms with E-state index in [0.717, 1.165) is 61.6 Å². The zero-order valence-electron chi connectivity index (χ0n) is 27.3. The Bertz CT molecular complexity index is 2470. The highest BCUT2D eigenvalue weighted by Gasteiger charge is 2.13. The number of hydrogen-bond donors (Lipinski definition) is 0. The molecule has 0 amide bonds. The highest BCUT2D eigenvalue weighted by atomic mass is 127. The van der Waals surface area contributed by atoms with Crippen molar-refractivity contribution in [2.45, 2.75) is 0 Å². The third-order valence-corrected chi connectivity index (χ3v) is 11.4. The van der Waals surface area contributed by atoms with Gasteiger partial charge in [-0.15, -0.1) is 0 Å². The van der Waals surface area contributed by atoms with E-state index >= 15 is 0 Å². The molecule has 0 atom stereocenters. The molecule has 5 aromatic carbocycles. The summed E-state index contributed by atoms with van der Waals surface area (Å²) in [6, 6.07) is 47.0. The summed E-state index contributed by atoms with van der Waals surface area (Å²) in [4.78, 5) is 15.1. The number of allylic oxidation sites excluding steroid dienone is 5. The number of benzene rings is 5. The first kappa shape index (κ1) is 31.4. The molecule has 8 rings (SSSR count). The van der Waals surface area contributed by atoms with Gasteiger partial charge in [0.15, 0.2) is 5.82 Å². The van der Waals surface area contributed by atoms with Gasteiger partial charge in [-0.1, -0.05) is 186 Å². The predicted octanol–water partition coefficient (Wildman–Crippen LogP) is 12.1. The van der Waals surface area contributed by atoms with E-state index in [0.29, 0.717) is 5.82 Å². The zero-order chi connectivity index (χ0) is 33.9. The van der Waals surface area contributed by atoms with Crippen LogP contribution in [0.4, 0.5) is 0 Å². The molecular weight excluding hydrogens is 721 g/mol. The first-order valence-corrected chi connectivity index (χ1v) is 18.8. The van der Waals surface area contributed by atoms with Gasteiger partial charge in [0, 0.05) is 31.2 Å². The molecule has 0 radical (unpaired) electrons. The molecule has 0 fully saturated rings. The second-order valence-electron chi connectivity index (χ2n) is 12.0. The van der Waals surface area contributed by atoms with Gasteiger partial charge in [-0.2, -0.15) is 0 Å². The lowest BCUT2D eigenvalue weighted by Crippen LogP contribution is -1.98. The van der Waals surface area contributed by atoms with Crippen LogP contribution in [0.2, 0.25) is 0 Å². The second kappa shape index (κ2) is 13.9. The Kier molecular flexibility index (Phi) is 8.76. The van der Waals surface area contributed by atoms with E-state index in [1.165, 1.54) is 20.1 Å². The van der Waals surface area contributed by atoms with E-state index < -0.39 is 0 Å². The Morgan fingerprint density at radius 1 is 0.540 bits per heavy atom. The number of fused-ring (bicyclic) bond motifs is 3. The number of aromatic nitrogens is 3. The van der Waals surface area contributed by atoms with E-state index in [1.54, 1.807) is 12.2 Å². The summed E-state index contributed by atoms with van der Waals surface area (Å²) in [6.45, 7) is 7.88. The lowest BCUT2D eigenvalue weighted by atomic mass is 9.99. The molecule has 3 heterocycles. The van der Waals surface area contributed by atoms with Crippen LogP contribution in [0, 0.1) is 3.57 Å². The van der Waals surface area contributed by atoms with Gasteiger partial charge in [0.05, 0.1) is 22.6 Å². The van der Waals surface area contributed by atoms with Crippen LogP contribution in [0.3, 0.4) is 0 Å². The summed E-state index contributed by atoms with van der Waals surface area (Å²) in [5.74, 6) is 0.610. The molecule has 0 unspecified atom stereocenters. The lowest BCUT2D eigenvalue weighted by molar-refractivity contribution is 1.13. The van der Waals surface area contributed by atoms with Gasteiger partial charge < -0.3 is 0 Å². The fourth-order valence-corrected chi connectivity index (χ4v) is 8.40. The summed E-state index contributed by atoms with van der Waals surface area (Å²) >= 11 is -0.172. The topological polar surface area (TPSA) is 38.7 Å². The van der Waals surface area contributed by atoms with Crippen molar-refractivity contribution in [3.05, 3.63) is 186 Å². The molecule has 1 aliphatic rings. The molecule has 1 aliphatic heterocycles. The van der Waals surface area contributed by atoms with Gasteiger partial charge in [-0.3, -0.25) is 0 Å². The van der Waals surface area contributed by atoms with Crippen molar-refractivity contribution in [3.63, 3.8) is 0 Å². The van der Waals surface area contributed by atoms with Crippen molar-refractivity contribution < 1.29 is 0 Å². The van der Waals surface area contributed by atoms with Crippen LogP contribution in [0.25, 0.3) is 78.6 Å². The van der Waals surface area contributed by atoms with Crippen molar-refractivity contribution in [1.29, 1.82) is 0 Å². The average molecular weight is 754 g/mol. The summed E-state index contributed by atoms with van der Waals surface area (Å²) in [5.41, 5.74) is 13.7. The maximum atomic E-state index is 5.14. The molecule has 7 aromatic rings. The minimum Gasteiger partial charge on any atom is -0.247 e. The zero-order valence-corrected chi connectivity index (χ0v) is 29.5. The van der Waals surface area contributed by atoms with Crippen molar-refractivity contribution in [3.8, 4) is 56.0 Å². The SMILES string of the molecule is C=C/C=C(\C=C)c1nc(-c2ccc(-c3ccccc3)cc2)cc(-c2ccc(-c3ccc(-c4ccc5ccc6c(c5n4)I=CC=C6)cc3)cc2)n1. The Balaban J connectivity index is 1.09. The van der Waals surface area contributed by atoms with Crippen LogP contribution in [-0.2, 0) is 0 Å². The molecule has 3 nitrogen and oxygen atoms in total. The summed E-state index contributed by atoms with van der Waals surface area (Å²) in [5, 5.41) is 1.20. The minimum atomic E-state index is -0.172. The lowest BCUT2D eigenvalue weighted by Gasteiger charge is -2.11. The largest absolute Gasteiger partial charge is 0.247 e. The molecular formula is C46H32IN3. The smallest absolute Gasteiger partial charge is 0.160 e. The molecule has 50 heavy (non-hydrogen) atoms. The summed E-state index contributed by atoms with van der Waals surface area (Å²) in [6.07, 6.45) is 9.76. The fourth-order valence-electron chi connectivity index (χ4n) is 6.18. The number of rotatable bonds is 8. The van der Waals surface area contributed by atoms with Gasteiger partial charge in [-0.05, 0) is 44.0 Å². The fraction of sp³-hybridized carbons (Fsp3) is 0. The second-order valence-corrected chi connectivity index (χ2v) is 14.4. The Labute approximate surface area is 302 Å². The third-order valence-electron chi connectivity index (χ3n) is 8.83. The van der Waals surface area contributed by atoms with Crippen LogP contribution in [-0.4, -0.2) is 19.0 Å². The third kappa shape index (κ3) is 6.33. The van der Waals surface area contributed by atoms with E-state index in [4.69, 9.17) is 15.0 Å². The molecule has 0 bridgehead atoms. The Hall–Kier alpha value is -5.85. The van der Waals surface area contributed by atoms with Crippen LogP contribution >= 0.6 is 20.7 Å². The Morgan fingerprint density at radius 3 is 1.66 bits per heavy atom. The number of halogens is 1. The van der Waals surface area contributed by atoms with E-state index in [-0.39, 0.29) is 20.7 Å². The van der Waals surface area contributed by atoms with Crippen molar-refractivity contribution in [1.82, 2.24) is 15.0 Å². The number of hydrogen-bond acceptors (Lipinski definition) is 3.